The van der Waals surface area contributed by atoms with Gasteiger partial charge in [-0.15, -0.1) is 11.3 Å². The number of rotatable bonds is 5. The molecule has 2 amide bonds. The first kappa shape index (κ1) is 26.4. The summed E-state index contributed by atoms with van der Waals surface area (Å²) in [6.45, 7) is 5.87. The lowest BCUT2D eigenvalue weighted by Gasteiger charge is -2.36. The first-order valence-corrected chi connectivity index (χ1v) is 12.7. The molecule has 8 nitrogen and oxygen atoms in total. The number of nitrogens with one attached hydrogen (secondary N) is 2. The maximum absolute atomic E-state index is 13.6. The number of thiophene rings is 1. The molecule has 0 spiro atoms. The minimum atomic E-state index is -0.465. The maximum atomic E-state index is 13.6. The maximum Gasteiger partial charge on any atom is 0.318 e. The van der Waals surface area contributed by atoms with Crippen LogP contribution in [0.2, 0.25) is 5.28 Å². The van der Waals surface area contributed by atoms with Crippen LogP contribution in [-0.2, 0) is 0 Å². The second-order valence-corrected chi connectivity index (χ2v) is 10.8. The largest absolute Gasteiger partial charge is 0.330 e. The molecule has 0 radical (unpaired) electrons. The van der Waals surface area contributed by atoms with Crippen LogP contribution in [0, 0.1) is 0 Å². The van der Waals surface area contributed by atoms with Gasteiger partial charge in [0.25, 0.3) is 0 Å². The van der Waals surface area contributed by atoms with Gasteiger partial charge in [-0.25, -0.2) is 9.78 Å². The summed E-state index contributed by atoms with van der Waals surface area (Å²) in [5, 5.41) is 8.79. The lowest BCUT2D eigenvalue weighted by molar-refractivity contribution is 0.165. The molecule has 0 bridgehead atoms. The molecule has 2 aliphatic rings. The summed E-state index contributed by atoms with van der Waals surface area (Å²) in [5.74, 6) is 1.37. The van der Waals surface area contributed by atoms with Crippen LogP contribution in [-0.4, -0.2) is 70.9 Å². The fourth-order valence-corrected chi connectivity index (χ4v) is 5.68. The summed E-state index contributed by atoms with van der Waals surface area (Å²) >= 11 is 7.70. The highest BCUT2D eigenvalue weighted by Gasteiger charge is 2.45. The van der Waals surface area contributed by atoms with Crippen molar-refractivity contribution in [2.24, 2.45) is 4.99 Å². The number of halogens is 1. The predicted octanol–water partition coefficient (Wildman–Crippen LogP) is 4.68. The van der Waals surface area contributed by atoms with E-state index in [1.165, 1.54) is 0 Å². The van der Waals surface area contributed by atoms with E-state index in [4.69, 9.17) is 16.6 Å². The molecular formula is C25H30ClN7OS2. The Labute approximate surface area is 226 Å². The van der Waals surface area contributed by atoms with Crippen molar-refractivity contribution in [3.63, 3.8) is 0 Å². The molecule has 2 aliphatic heterocycles. The number of carbonyl (C=O) groups is 1. The lowest BCUT2D eigenvalue weighted by Crippen LogP contribution is -2.52. The van der Waals surface area contributed by atoms with Gasteiger partial charge < -0.3 is 20.4 Å². The zero-order valence-electron chi connectivity index (χ0n) is 20.7. The van der Waals surface area contributed by atoms with Crippen LogP contribution in [0.5, 0.6) is 0 Å². The van der Waals surface area contributed by atoms with Crippen molar-refractivity contribution in [3.05, 3.63) is 63.8 Å². The molecule has 0 saturated carbocycles. The van der Waals surface area contributed by atoms with E-state index in [2.05, 4.69) is 51.5 Å². The molecule has 0 fully saturated rings. The van der Waals surface area contributed by atoms with Crippen molar-refractivity contribution < 1.29 is 4.79 Å². The number of nitrogens with zero attached hydrogens (tertiary/aromatic N) is 5. The number of amidine groups is 1. The van der Waals surface area contributed by atoms with Gasteiger partial charge in [-0.05, 0) is 62.1 Å². The third kappa shape index (κ3) is 4.95. The predicted molar refractivity (Wildman–Crippen MR) is 153 cm³/mol. The molecule has 3 aromatic rings. The van der Waals surface area contributed by atoms with E-state index in [9.17, 15) is 4.79 Å². The van der Waals surface area contributed by atoms with E-state index >= 15 is 0 Å². The first-order valence-electron chi connectivity index (χ1n) is 11.5. The van der Waals surface area contributed by atoms with Gasteiger partial charge >= 0.3 is 6.03 Å². The molecule has 2 N–H and O–H groups in total. The number of urea groups is 1. The highest BCUT2D eigenvalue weighted by Crippen LogP contribution is 2.39. The Kier molecular flexibility index (Phi) is 7.61. The number of benzene rings is 1. The SMILES string of the molecule is CN(C)C[C@@H](NC(=O)N1CC2=C(CN=C2Nc2nc(Cl)nc3ccsc23)C1(C)C)c1ccccc1.S. The number of likely N-dealkylation sites (N-methyl/N-ethyl adjacent to an activating group) is 1. The Morgan fingerprint density at radius 3 is 2.69 bits per heavy atom. The Hall–Kier alpha value is -2.66. The molecular weight excluding hydrogens is 514 g/mol. The molecule has 0 saturated heterocycles. The van der Waals surface area contributed by atoms with Crippen LogP contribution in [0.1, 0.15) is 25.5 Å². The number of carbonyl (C=O) groups excluding carboxylic acids is 1. The Morgan fingerprint density at radius 1 is 1.22 bits per heavy atom. The van der Waals surface area contributed by atoms with E-state index < -0.39 is 5.54 Å². The fourth-order valence-electron chi connectivity index (χ4n) is 4.73. The summed E-state index contributed by atoms with van der Waals surface area (Å²) in [6, 6.07) is 11.8. The highest BCUT2D eigenvalue weighted by molar-refractivity contribution is 7.59. The molecule has 2 aromatic heterocycles. The third-order valence-corrected chi connectivity index (χ3v) is 7.66. The number of anilines is 1. The van der Waals surface area contributed by atoms with Crippen LogP contribution in [0.25, 0.3) is 10.2 Å². The average molecular weight is 544 g/mol. The highest BCUT2D eigenvalue weighted by atomic mass is 35.5. The van der Waals surface area contributed by atoms with Crippen LogP contribution < -0.4 is 10.6 Å². The van der Waals surface area contributed by atoms with Crippen LogP contribution in [0.3, 0.4) is 0 Å². The number of aromatic nitrogens is 2. The summed E-state index contributed by atoms with van der Waals surface area (Å²) in [6.07, 6.45) is 0. The minimum Gasteiger partial charge on any atom is -0.330 e. The van der Waals surface area contributed by atoms with E-state index in [1.54, 1.807) is 11.3 Å². The Balaban J connectivity index is 0.00000304. The number of hydrogen-bond donors (Lipinski definition) is 2. The molecule has 1 aromatic carbocycles. The second-order valence-electron chi connectivity index (χ2n) is 9.54. The van der Waals surface area contributed by atoms with Gasteiger partial charge in [0.1, 0.15) is 5.84 Å². The van der Waals surface area contributed by atoms with Crippen LogP contribution in [0.4, 0.5) is 10.6 Å². The van der Waals surface area contributed by atoms with Gasteiger partial charge in [-0.2, -0.15) is 18.5 Å². The minimum absolute atomic E-state index is 0. The molecule has 190 valence electrons. The third-order valence-electron chi connectivity index (χ3n) is 6.58. The number of fused-ring (bicyclic) bond motifs is 1. The van der Waals surface area contributed by atoms with E-state index in [-0.39, 0.29) is 30.9 Å². The van der Waals surface area contributed by atoms with E-state index in [0.29, 0.717) is 25.5 Å². The summed E-state index contributed by atoms with van der Waals surface area (Å²) in [7, 11) is 4.02. The second kappa shape index (κ2) is 10.4. The topological polar surface area (TPSA) is 85.8 Å². The quantitative estimate of drug-likeness (QED) is 0.456. The summed E-state index contributed by atoms with van der Waals surface area (Å²) in [4.78, 5) is 31.0. The summed E-state index contributed by atoms with van der Waals surface area (Å²) in [5.41, 5.74) is 3.59. The van der Waals surface area contributed by atoms with Gasteiger partial charge in [-0.1, -0.05) is 30.3 Å². The molecule has 0 aliphatic carbocycles. The van der Waals surface area contributed by atoms with Gasteiger partial charge in [0.15, 0.2) is 5.82 Å². The Bertz CT molecular complexity index is 1340. The van der Waals surface area contributed by atoms with Crippen molar-refractivity contribution in [2.75, 3.05) is 39.0 Å². The molecule has 36 heavy (non-hydrogen) atoms. The smallest absolute Gasteiger partial charge is 0.318 e. The van der Waals surface area contributed by atoms with Crippen LogP contribution in [0.15, 0.2) is 57.9 Å². The Morgan fingerprint density at radius 2 is 1.97 bits per heavy atom. The van der Waals surface area contributed by atoms with E-state index in [0.717, 1.165) is 32.8 Å². The zero-order valence-corrected chi connectivity index (χ0v) is 23.2. The molecule has 11 heteroatoms. The zero-order chi connectivity index (χ0) is 24.7. The van der Waals surface area contributed by atoms with Gasteiger partial charge in [0, 0.05) is 12.1 Å². The van der Waals surface area contributed by atoms with Crippen molar-refractivity contribution >= 4 is 64.3 Å². The lowest BCUT2D eigenvalue weighted by atomic mass is 9.94. The standard InChI is InChI=1S/C25H28ClN7OS.H2S/c1-25(2)17-12-27-21(30-22-20-18(10-11-35-20)28-23(26)31-22)16(17)13-33(25)24(34)29-19(14-32(3)4)15-8-6-5-7-9-15;/h5-11,19H,12-14H2,1-4H3,(H,29,34)(H,27,28,30,31);1H2/t19-;/m1./s1. The molecule has 4 heterocycles. The number of amides is 2. The molecule has 1 atom stereocenters. The first-order chi connectivity index (χ1) is 16.7. The van der Waals surface area contributed by atoms with Crippen molar-refractivity contribution in [2.45, 2.75) is 25.4 Å². The monoisotopic (exact) mass is 543 g/mol. The average Bonchev–Trinajstić information content (AvgIpc) is 3.50. The molecule has 5 rings (SSSR count). The molecule has 0 unspecified atom stereocenters. The van der Waals surface area contributed by atoms with Crippen LogP contribution >= 0.6 is 36.4 Å². The van der Waals surface area contributed by atoms with Crippen molar-refractivity contribution in [1.82, 2.24) is 25.1 Å². The van der Waals surface area contributed by atoms with Gasteiger partial charge in [-0.3, -0.25) is 4.99 Å². The van der Waals surface area contributed by atoms with Gasteiger partial charge in [0.05, 0.1) is 34.9 Å². The van der Waals surface area contributed by atoms with Crippen molar-refractivity contribution in [1.29, 1.82) is 0 Å². The summed E-state index contributed by atoms with van der Waals surface area (Å²) < 4.78 is 0.924. The van der Waals surface area contributed by atoms with Gasteiger partial charge in [0.2, 0.25) is 5.28 Å². The van der Waals surface area contributed by atoms with Crippen molar-refractivity contribution in [3.8, 4) is 0 Å². The number of aliphatic imine (C=N–C) groups is 1. The fraction of sp³-hybridized carbons (Fsp3) is 0.360. The number of hydrogen-bond acceptors (Lipinski definition) is 7. The van der Waals surface area contributed by atoms with E-state index in [1.807, 2.05) is 48.6 Å². The normalized spacial score (nSPS) is 17.2.